The Balaban J connectivity index is 1.71. The zero-order valence-electron chi connectivity index (χ0n) is 14.6. The fourth-order valence-corrected chi connectivity index (χ4v) is 4.30. The number of halogens is 1. The predicted molar refractivity (Wildman–Crippen MR) is 107 cm³/mol. The van der Waals surface area contributed by atoms with Crippen molar-refractivity contribution in [2.45, 2.75) is 12.8 Å². The Bertz CT molecular complexity index is 900. The van der Waals surface area contributed by atoms with E-state index in [0.717, 1.165) is 34.0 Å². The molecule has 0 fully saturated rings. The van der Waals surface area contributed by atoms with Gasteiger partial charge in [-0.3, -0.25) is 4.79 Å². The SMILES string of the molecule is CS(=O)(=O)N(CCc1ccccc1)CC(=O)N1CCc2cc(Br)ccc21. The lowest BCUT2D eigenvalue weighted by Crippen LogP contribution is -2.42. The Morgan fingerprint density at radius 1 is 1.19 bits per heavy atom. The monoisotopic (exact) mass is 436 g/mol. The maximum atomic E-state index is 12.8. The van der Waals surface area contributed by atoms with Gasteiger partial charge in [-0.1, -0.05) is 46.3 Å². The molecule has 0 aromatic heterocycles. The number of fused-ring (bicyclic) bond motifs is 1. The van der Waals surface area contributed by atoms with Gasteiger partial charge in [-0.05, 0) is 42.2 Å². The Morgan fingerprint density at radius 3 is 2.62 bits per heavy atom. The molecule has 1 aliphatic heterocycles. The molecule has 2 aromatic rings. The lowest BCUT2D eigenvalue weighted by molar-refractivity contribution is -0.118. The van der Waals surface area contributed by atoms with E-state index in [1.807, 2.05) is 48.5 Å². The Labute approximate surface area is 162 Å². The first-order valence-electron chi connectivity index (χ1n) is 8.42. The number of nitrogens with zero attached hydrogens (tertiary/aromatic N) is 2. The summed E-state index contributed by atoms with van der Waals surface area (Å²) in [5.41, 5.74) is 3.02. The molecule has 138 valence electrons. The van der Waals surface area contributed by atoms with Gasteiger partial charge in [0.2, 0.25) is 15.9 Å². The molecular weight excluding hydrogens is 416 g/mol. The summed E-state index contributed by atoms with van der Waals surface area (Å²) in [5.74, 6) is -0.190. The molecule has 26 heavy (non-hydrogen) atoms. The average molecular weight is 437 g/mol. The summed E-state index contributed by atoms with van der Waals surface area (Å²) in [4.78, 5) is 14.5. The molecule has 0 aliphatic carbocycles. The molecule has 1 amide bonds. The number of carbonyl (C=O) groups excluding carboxylic acids is 1. The van der Waals surface area contributed by atoms with Crippen LogP contribution in [-0.4, -0.2) is 44.5 Å². The highest BCUT2D eigenvalue weighted by atomic mass is 79.9. The zero-order chi connectivity index (χ0) is 18.7. The molecule has 1 heterocycles. The van der Waals surface area contributed by atoms with Crippen LogP contribution in [0, 0.1) is 0 Å². The van der Waals surface area contributed by atoms with Crippen molar-refractivity contribution in [2.75, 3.05) is 30.8 Å². The molecule has 2 aromatic carbocycles. The van der Waals surface area contributed by atoms with Crippen molar-refractivity contribution in [3.63, 3.8) is 0 Å². The van der Waals surface area contributed by atoms with Crippen LogP contribution in [-0.2, 0) is 27.7 Å². The van der Waals surface area contributed by atoms with Crippen molar-refractivity contribution in [2.24, 2.45) is 0 Å². The maximum Gasteiger partial charge on any atom is 0.242 e. The number of carbonyl (C=O) groups is 1. The Kier molecular flexibility index (Phi) is 5.79. The highest BCUT2D eigenvalue weighted by molar-refractivity contribution is 9.10. The molecule has 0 N–H and O–H groups in total. The molecule has 7 heteroatoms. The summed E-state index contributed by atoms with van der Waals surface area (Å²) in [5, 5.41) is 0. The summed E-state index contributed by atoms with van der Waals surface area (Å²) in [7, 11) is -3.47. The third kappa shape index (κ3) is 4.52. The fraction of sp³-hybridized carbons (Fsp3) is 0.316. The Morgan fingerprint density at radius 2 is 1.92 bits per heavy atom. The first-order chi connectivity index (χ1) is 12.3. The minimum absolute atomic E-state index is 0.138. The number of amides is 1. The molecule has 5 nitrogen and oxygen atoms in total. The van der Waals surface area contributed by atoms with Crippen molar-refractivity contribution < 1.29 is 13.2 Å². The number of hydrogen-bond donors (Lipinski definition) is 0. The summed E-state index contributed by atoms with van der Waals surface area (Å²) in [6, 6.07) is 15.5. The summed E-state index contributed by atoms with van der Waals surface area (Å²) in [6.45, 7) is 0.734. The minimum Gasteiger partial charge on any atom is -0.311 e. The minimum atomic E-state index is -3.47. The van der Waals surface area contributed by atoms with E-state index < -0.39 is 10.0 Å². The maximum absolute atomic E-state index is 12.8. The first kappa shape index (κ1) is 19.1. The third-order valence-electron chi connectivity index (χ3n) is 4.51. The van der Waals surface area contributed by atoms with E-state index in [0.29, 0.717) is 13.0 Å². The molecule has 0 bridgehead atoms. The second kappa shape index (κ2) is 7.90. The van der Waals surface area contributed by atoms with E-state index >= 15 is 0 Å². The zero-order valence-corrected chi connectivity index (χ0v) is 17.0. The van der Waals surface area contributed by atoms with Crippen LogP contribution in [0.25, 0.3) is 0 Å². The Hall–Kier alpha value is -1.70. The van der Waals surface area contributed by atoms with Gasteiger partial charge in [-0.2, -0.15) is 4.31 Å². The highest BCUT2D eigenvalue weighted by Gasteiger charge is 2.28. The topological polar surface area (TPSA) is 57.7 Å². The summed E-state index contributed by atoms with van der Waals surface area (Å²) >= 11 is 3.44. The fourth-order valence-electron chi connectivity index (χ4n) is 3.13. The van der Waals surface area contributed by atoms with Gasteiger partial charge >= 0.3 is 0 Å². The van der Waals surface area contributed by atoms with E-state index in [1.165, 1.54) is 4.31 Å². The third-order valence-corrected chi connectivity index (χ3v) is 6.25. The molecule has 0 saturated heterocycles. The summed E-state index contributed by atoms with van der Waals surface area (Å²) in [6.07, 6.45) is 2.51. The molecule has 1 aliphatic rings. The van der Waals surface area contributed by atoms with Gasteiger partial charge in [-0.25, -0.2) is 8.42 Å². The second-order valence-electron chi connectivity index (χ2n) is 6.40. The van der Waals surface area contributed by atoms with Crippen LogP contribution in [0.3, 0.4) is 0 Å². The van der Waals surface area contributed by atoms with E-state index in [-0.39, 0.29) is 19.0 Å². The van der Waals surface area contributed by atoms with Crippen LogP contribution in [0.1, 0.15) is 11.1 Å². The van der Waals surface area contributed by atoms with Crippen LogP contribution < -0.4 is 4.90 Å². The molecule has 0 atom stereocenters. The van der Waals surface area contributed by atoms with Crippen molar-refractivity contribution in [3.05, 3.63) is 64.1 Å². The quantitative estimate of drug-likeness (QED) is 0.699. The second-order valence-corrected chi connectivity index (χ2v) is 9.30. The van der Waals surface area contributed by atoms with Crippen LogP contribution in [0.2, 0.25) is 0 Å². The van der Waals surface area contributed by atoms with Crippen molar-refractivity contribution >= 4 is 37.5 Å². The number of hydrogen-bond acceptors (Lipinski definition) is 3. The first-order valence-corrected chi connectivity index (χ1v) is 11.1. The molecule has 0 unspecified atom stereocenters. The lowest BCUT2D eigenvalue weighted by atomic mass is 10.1. The van der Waals surface area contributed by atoms with Gasteiger partial charge < -0.3 is 4.90 Å². The number of benzene rings is 2. The van der Waals surface area contributed by atoms with Gasteiger partial charge in [0.1, 0.15) is 0 Å². The molecule has 0 radical (unpaired) electrons. The van der Waals surface area contributed by atoms with Gasteiger partial charge in [0, 0.05) is 23.2 Å². The standard InChI is InChI=1S/C19H21BrN2O3S/c1-26(24,25)21(11-9-15-5-3-2-4-6-15)14-19(23)22-12-10-16-13-17(20)7-8-18(16)22/h2-8,13H,9-12,14H2,1H3. The number of anilines is 1. The molecule has 3 rings (SSSR count). The number of sulfonamides is 1. The lowest BCUT2D eigenvalue weighted by Gasteiger charge is -2.24. The van der Waals surface area contributed by atoms with Crippen molar-refractivity contribution in [1.29, 1.82) is 0 Å². The van der Waals surface area contributed by atoms with E-state index in [9.17, 15) is 13.2 Å². The molecule has 0 saturated carbocycles. The normalized spacial score (nSPS) is 13.9. The predicted octanol–water partition coefficient (Wildman–Crippen LogP) is 2.84. The number of rotatable bonds is 6. The van der Waals surface area contributed by atoms with Crippen LogP contribution in [0.5, 0.6) is 0 Å². The van der Waals surface area contributed by atoms with Crippen LogP contribution >= 0.6 is 15.9 Å². The summed E-state index contributed by atoms with van der Waals surface area (Å²) < 4.78 is 26.5. The molecular formula is C19H21BrN2O3S. The molecule has 0 spiro atoms. The van der Waals surface area contributed by atoms with Crippen molar-refractivity contribution in [3.8, 4) is 0 Å². The van der Waals surface area contributed by atoms with Gasteiger partial charge in [0.25, 0.3) is 0 Å². The van der Waals surface area contributed by atoms with Crippen LogP contribution in [0.15, 0.2) is 53.0 Å². The van der Waals surface area contributed by atoms with Crippen LogP contribution in [0.4, 0.5) is 5.69 Å². The van der Waals surface area contributed by atoms with Crippen molar-refractivity contribution in [1.82, 2.24) is 4.31 Å². The van der Waals surface area contributed by atoms with E-state index in [4.69, 9.17) is 0 Å². The smallest absolute Gasteiger partial charge is 0.242 e. The average Bonchev–Trinajstić information content (AvgIpc) is 3.01. The van der Waals surface area contributed by atoms with E-state index in [2.05, 4.69) is 15.9 Å². The van der Waals surface area contributed by atoms with Gasteiger partial charge in [0.05, 0.1) is 12.8 Å². The van der Waals surface area contributed by atoms with Gasteiger partial charge in [0.15, 0.2) is 0 Å². The highest BCUT2D eigenvalue weighted by Crippen LogP contribution is 2.30. The van der Waals surface area contributed by atoms with E-state index in [1.54, 1.807) is 4.90 Å². The van der Waals surface area contributed by atoms with Gasteiger partial charge in [-0.15, -0.1) is 0 Å². The largest absolute Gasteiger partial charge is 0.311 e.